The Morgan fingerprint density at radius 2 is 1.74 bits per heavy atom. The molecule has 0 unspecified atom stereocenters. The number of carbonyl (C=O) groups is 3. The van der Waals surface area contributed by atoms with Gasteiger partial charge in [-0.05, 0) is 84.8 Å². The number of hydrogen-bond acceptors (Lipinski definition) is 7. The lowest BCUT2D eigenvalue weighted by Crippen LogP contribution is -2.45. The Kier molecular flexibility index (Phi) is 8.53. The molecule has 1 fully saturated rings. The molecule has 2 aromatic heterocycles. The molecule has 1 aliphatic rings. The topological polar surface area (TPSA) is 124 Å². The van der Waals surface area contributed by atoms with Gasteiger partial charge in [0.05, 0.1) is 5.69 Å². The molecule has 2 aromatic rings. The van der Waals surface area contributed by atoms with Crippen LogP contribution in [0.4, 0.5) is 9.59 Å². The molecule has 0 aliphatic heterocycles. The predicted octanol–water partition coefficient (Wildman–Crippen LogP) is 5.59. The Balaban J connectivity index is 1.81. The van der Waals surface area contributed by atoms with E-state index < -0.39 is 34.8 Å². The highest BCUT2D eigenvalue weighted by Crippen LogP contribution is 2.57. The van der Waals surface area contributed by atoms with Crippen LogP contribution in [0.25, 0.3) is 5.82 Å². The van der Waals surface area contributed by atoms with Crippen molar-refractivity contribution in [3.63, 3.8) is 0 Å². The van der Waals surface area contributed by atoms with E-state index in [1.165, 1.54) is 0 Å². The van der Waals surface area contributed by atoms with Crippen molar-refractivity contribution in [1.82, 2.24) is 19.4 Å². The second kappa shape index (κ2) is 11.1. The summed E-state index contributed by atoms with van der Waals surface area (Å²) in [6, 6.07) is 5.48. The predicted molar refractivity (Wildman–Crippen MR) is 141 cm³/mol. The van der Waals surface area contributed by atoms with Crippen LogP contribution in [-0.4, -0.2) is 60.4 Å². The second-order valence-corrected chi connectivity index (χ2v) is 12.0. The van der Waals surface area contributed by atoms with Crippen LogP contribution < -0.4 is 0 Å². The summed E-state index contributed by atoms with van der Waals surface area (Å²) in [5.74, 6) is -0.606. The molecule has 1 aliphatic carbocycles. The number of carbonyl (C=O) groups excluding carboxylic acids is 2. The van der Waals surface area contributed by atoms with Crippen LogP contribution in [0.1, 0.15) is 79.8 Å². The fourth-order valence-electron chi connectivity index (χ4n) is 4.69. The number of hydrogen-bond donors (Lipinski definition) is 1. The van der Waals surface area contributed by atoms with Crippen molar-refractivity contribution in [3.8, 4) is 5.82 Å². The summed E-state index contributed by atoms with van der Waals surface area (Å²) < 4.78 is 12.7. The van der Waals surface area contributed by atoms with Crippen molar-refractivity contribution >= 4 is 18.2 Å². The van der Waals surface area contributed by atoms with Crippen LogP contribution in [0, 0.1) is 11.8 Å². The quantitative estimate of drug-likeness (QED) is 0.447. The number of ether oxygens (including phenoxy) is 2. The summed E-state index contributed by atoms with van der Waals surface area (Å²) in [7, 11) is 0. The number of imide groups is 1. The lowest BCUT2D eigenvalue weighted by atomic mass is 9.91. The first kappa shape index (κ1) is 29.1. The standard InChI is InChI=1S/C28H40N4O6/c1-8-11-19(16-32(24(35)37-26(2,3)4)25(36)38-27(5,6)7)14-20-15-28(20,23(33)34)21-17-31(18-30-21)22-12-9-10-13-29-22/h9-10,12-13,17-20H,8,11,14-16H2,1-7H3,(H,33,34)/t19-,20-,28+/m0/s1. The third-order valence-electron chi connectivity index (χ3n) is 6.42. The molecule has 10 nitrogen and oxygen atoms in total. The van der Waals surface area contributed by atoms with E-state index in [-0.39, 0.29) is 18.4 Å². The molecular weight excluding hydrogens is 488 g/mol. The smallest absolute Gasteiger partial charge is 0.419 e. The minimum Gasteiger partial charge on any atom is -0.481 e. The van der Waals surface area contributed by atoms with Gasteiger partial charge in [-0.1, -0.05) is 19.4 Å². The zero-order chi connectivity index (χ0) is 28.3. The Morgan fingerprint density at radius 3 is 2.24 bits per heavy atom. The first-order valence-corrected chi connectivity index (χ1v) is 13.1. The summed E-state index contributed by atoms with van der Waals surface area (Å²) in [6.07, 6.45) is 5.87. The van der Waals surface area contributed by atoms with Crippen molar-refractivity contribution in [2.75, 3.05) is 6.54 Å². The van der Waals surface area contributed by atoms with Crippen LogP contribution in [0.5, 0.6) is 0 Å². The molecule has 38 heavy (non-hydrogen) atoms. The normalized spacial score (nSPS) is 19.9. The monoisotopic (exact) mass is 528 g/mol. The van der Waals surface area contributed by atoms with Gasteiger partial charge in [-0.2, -0.15) is 0 Å². The van der Waals surface area contributed by atoms with Crippen LogP contribution in [0.3, 0.4) is 0 Å². The van der Waals surface area contributed by atoms with Gasteiger partial charge in [0.2, 0.25) is 0 Å². The van der Waals surface area contributed by atoms with E-state index in [1.54, 1.807) is 64.8 Å². The highest BCUT2D eigenvalue weighted by Gasteiger charge is 2.63. The molecule has 0 saturated heterocycles. The molecule has 208 valence electrons. The maximum atomic E-state index is 13.0. The molecule has 3 atom stereocenters. The number of imidazole rings is 1. The highest BCUT2D eigenvalue weighted by atomic mass is 16.6. The minimum absolute atomic E-state index is 0.0756. The van der Waals surface area contributed by atoms with E-state index >= 15 is 0 Å². The van der Waals surface area contributed by atoms with Gasteiger partial charge in [0, 0.05) is 18.9 Å². The Labute approximate surface area is 224 Å². The van der Waals surface area contributed by atoms with Crippen molar-refractivity contribution in [2.24, 2.45) is 11.8 Å². The van der Waals surface area contributed by atoms with Gasteiger partial charge < -0.3 is 14.6 Å². The SMILES string of the molecule is CCC[C@@H](C[C@H]1C[C@]1(C(=O)O)c1cn(-c2ccccn2)cn1)CN(C(=O)OC(C)(C)C)C(=O)OC(C)(C)C. The van der Waals surface area contributed by atoms with Crippen LogP contribution in [0.2, 0.25) is 0 Å². The average molecular weight is 529 g/mol. The second-order valence-electron chi connectivity index (χ2n) is 12.0. The number of carboxylic acid groups (broad SMARTS) is 1. The van der Waals surface area contributed by atoms with Crippen LogP contribution in [0.15, 0.2) is 36.9 Å². The van der Waals surface area contributed by atoms with Crippen LogP contribution >= 0.6 is 0 Å². The van der Waals surface area contributed by atoms with E-state index in [0.29, 0.717) is 30.8 Å². The maximum absolute atomic E-state index is 13.0. The Morgan fingerprint density at radius 1 is 1.11 bits per heavy atom. The fraction of sp³-hybridized carbons (Fsp3) is 0.607. The minimum atomic E-state index is -1.12. The molecule has 0 aromatic carbocycles. The molecule has 1 N–H and O–H groups in total. The average Bonchev–Trinajstić information content (AvgIpc) is 3.30. The largest absolute Gasteiger partial charge is 0.481 e. The first-order chi connectivity index (χ1) is 17.7. The van der Waals surface area contributed by atoms with Gasteiger partial charge in [-0.3, -0.25) is 9.36 Å². The molecule has 3 rings (SSSR count). The van der Waals surface area contributed by atoms with Crippen molar-refractivity contribution in [1.29, 1.82) is 0 Å². The van der Waals surface area contributed by atoms with Gasteiger partial charge in [0.25, 0.3) is 0 Å². The number of carboxylic acids is 1. The van der Waals surface area contributed by atoms with Gasteiger partial charge in [-0.25, -0.2) is 24.5 Å². The molecule has 10 heteroatoms. The summed E-state index contributed by atoms with van der Waals surface area (Å²) in [4.78, 5) is 48.3. The van der Waals surface area contributed by atoms with Gasteiger partial charge in [0.15, 0.2) is 0 Å². The third kappa shape index (κ3) is 7.11. The molecule has 2 amide bonds. The Bertz CT molecular complexity index is 1110. The number of aliphatic carboxylic acids is 1. The number of aromatic nitrogens is 3. The van der Waals surface area contributed by atoms with E-state index in [4.69, 9.17) is 9.47 Å². The van der Waals surface area contributed by atoms with Gasteiger partial charge in [-0.15, -0.1) is 0 Å². The van der Waals surface area contributed by atoms with Crippen molar-refractivity contribution in [2.45, 2.75) is 90.8 Å². The van der Waals surface area contributed by atoms with E-state index in [2.05, 4.69) is 9.97 Å². The molecule has 0 bridgehead atoms. The number of amides is 2. The van der Waals surface area contributed by atoms with E-state index in [1.807, 2.05) is 25.1 Å². The van der Waals surface area contributed by atoms with E-state index in [9.17, 15) is 19.5 Å². The highest BCUT2D eigenvalue weighted by molar-refractivity contribution is 5.88. The van der Waals surface area contributed by atoms with Crippen LogP contribution in [-0.2, 0) is 19.7 Å². The first-order valence-electron chi connectivity index (χ1n) is 13.1. The van der Waals surface area contributed by atoms with Crippen molar-refractivity contribution in [3.05, 3.63) is 42.6 Å². The van der Waals surface area contributed by atoms with E-state index in [0.717, 1.165) is 11.3 Å². The number of rotatable bonds is 9. The number of nitrogens with zero attached hydrogens (tertiary/aromatic N) is 4. The molecule has 1 saturated carbocycles. The number of pyridine rings is 1. The Hall–Kier alpha value is -3.43. The zero-order valence-electron chi connectivity index (χ0n) is 23.4. The third-order valence-corrected chi connectivity index (χ3v) is 6.42. The summed E-state index contributed by atoms with van der Waals surface area (Å²) in [6.45, 7) is 12.5. The van der Waals surface area contributed by atoms with Crippen molar-refractivity contribution < 1.29 is 29.0 Å². The summed E-state index contributed by atoms with van der Waals surface area (Å²) in [5, 5.41) is 10.2. The lowest BCUT2D eigenvalue weighted by molar-refractivity contribution is -0.140. The fourth-order valence-corrected chi connectivity index (χ4v) is 4.69. The maximum Gasteiger partial charge on any atom is 0.419 e. The lowest BCUT2D eigenvalue weighted by Gasteiger charge is -2.31. The zero-order valence-corrected chi connectivity index (χ0v) is 23.4. The summed E-state index contributed by atoms with van der Waals surface area (Å²) >= 11 is 0. The summed E-state index contributed by atoms with van der Waals surface area (Å²) in [5.41, 5.74) is -2.22. The van der Waals surface area contributed by atoms with Gasteiger partial charge >= 0.3 is 18.2 Å². The molecule has 0 radical (unpaired) electrons. The van der Waals surface area contributed by atoms with Gasteiger partial charge in [0.1, 0.15) is 28.8 Å². The molecule has 0 spiro atoms. The molecule has 2 heterocycles. The molecular formula is C28H40N4O6.